The largest absolute Gasteiger partial charge is 0.480 e. The van der Waals surface area contributed by atoms with E-state index in [1.54, 1.807) is 0 Å². The summed E-state index contributed by atoms with van der Waals surface area (Å²) in [6.07, 6.45) is 5.09. The lowest BCUT2D eigenvalue weighted by atomic mass is 9.73. The Bertz CT molecular complexity index is 323. The molecule has 0 heterocycles. The molecule has 1 saturated carbocycles. The van der Waals surface area contributed by atoms with Crippen molar-refractivity contribution in [2.24, 2.45) is 17.1 Å². The SMILES string of the molecule is CC(C)CC(NC(=O)C1(CN)CCCCC1)C(=O)O. The number of carbonyl (C=O) groups excluding carboxylic acids is 1. The van der Waals surface area contributed by atoms with E-state index in [9.17, 15) is 14.7 Å². The minimum Gasteiger partial charge on any atom is -0.480 e. The highest BCUT2D eigenvalue weighted by Gasteiger charge is 2.39. The van der Waals surface area contributed by atoms with Crippen LogP contribution >= 0.6 is 0 Å². The first-order valence-corrected chi connectivity index (χ1v) is 7.15. The molecular formula is C14H26N2O3. The van der Waals surface area contributed by atoms with Crippen LogP contribution in [0.1, 0.15) is 52.4 Å². The van der Waals surface area contributed by atoms with Gasteiger partial charge in [0, 0.05) is 6.54 Å². The standard InChI is InChI=1S/C14H26N2O3/c1-10(2)8-11(12(17)18)16-13(19)14(9-15)6-4-3-5-7-14/h10-11H,3-9,15H2,1-2H3,(H,16,19)(H,17,18). The molecule has 0 aliphatic heterocycles. The van der Waals surface area contributed by atoms with Gasteiger partial charge in [0.2, 0.25) is 5.91 Å². The van der Waals surface area contributed by atoms with Crippen LogP contribution in [-0.2, 0) is 9.59 Å². The van der Waals surface area contributed by atoms with Gasteiger partial charge in [-0.2, -0.15) is 0 Å². The maximum atomic E-state index is 12.4. The quantitative estimate of drug-likeness (QED) is 0.682. The van der Waals surface area contributed by atoms with Gasteiger partial charge in [0.05, 0.1) is 5.41 Å². The van der Waals surface area contributed by atoms with E-state index in [4.69, 9.17) is 5.73 Å². The first-order chi connectivity index (χ1) is 8.91. The van der Waals surface area contributed by atoms with Crippen molar-refractivity contribution in [1.29, 1.82) is 0 Å². The third kappa shape index (κ3) is 4.20. The Morgan fingerprint density at radius 3 is 2.26 bits per heavy atom. The molecule has 1 atom stereocenters. The van der Waals surface area contributed by atoms with Crippen LogP contribution in [0.15, 0.2) is 0 Å². The average molecular weight is 270 g/mol. The molecule has 1 amide bonds. The summed E-state index contributed by atoms with van der Waals surface area (Å²) >= 11 is 0. The van der Waals surface area contributed by atoms with Crippen LogP contribution < -0.4 is 11.1 Å². The maximum Gasteiger partial charge on any atom is 0.326 e. The maximum absolute atomic E-state index is 12.4. The zero-order chi connectivity index (χ0) is 14.5. The molecule has 1 aliphatic rings. The van der Waals surface area contributed by atoms with Crippen molar-refractivity contribution in [2.45, 2.75) is 58.4 Å². The summed E-state index contributed by atoms with van der Waals surface area (Å²) < 4.78 is 0. The fourth-order valence-electron chi connectivity index (χ4n) is 2.76. The van der Waals surface area contributed by atoms with Crippen molar-refractivity contribution in [3.8, 4) is 0 Å². The Morgan fingerprint density at radius 2 is 1.84 bits per heavy atom. The highest BCUT2D eigenvalue weighted by molar-refractivity contribution is 5.87. The zero-order valence-electron chi connectivity index (χ0n) is 11.9. The highest BCUT2D eigenvalue weighted by Crippen LogP contribution is 2.35. The summed E-state index contributed by atoms with van der Waals surface area (Å²) in [5.74, 6) is -0.922. The fraction of sp³-hybridized carbons (Fsp3) is 0.857. The number of nitrogens with two attached hydrogens (primary N) is 1. The van der Waals surface area contributed by atoms with Crippen molar-refractivity contribution in [2.75, 3.05) is 6.54 Å². The number of nitrogens with one attached hydrogen (secondary N) is 1. The number of hydrogen-bond donors (Lipinski definition) is 3. The van der Waals surface area contributed by atoms with Crippen LogP contribution in [0.3, 0.4) is 0 Å². The van der Waals surface area contributed by atoms with E-state index in [0.717, 1.165) is 32.1 Å². The molecular weight excluding hydrogens is 244 g/mol. The van der Waals surface area contributed by atoms with Crippen LogP contribution in [0.4, 0.5) is 0 Å². The van der Waals surface area contributed by atoms with Gasteiger partial charge in [-0.25, -0.2) is 4.79 Å². The third-order valence-corrected chi connectivity index (χ3v) is 3.99. The molecule has 0 saturated heterocycles. The Hall–Kier alpha value is -1.10. The Labute approximate surface area is 114 Å². The van der Waals surface area contributed by atoms with Crippen LogP contribution in [0.25, 0.3) is 0 Å². The Morgan fingerprint density at radius 1 is 1.26 bits per heavy atom. The van der Waals surface area contributed by atoms with E-state index < -0.39 is 17.4 Å². The summed E-state index contributed by atoms with van der Waals surface area (Å²) in [6, 6.07) is -0.808. The molecule has 5 heteroatoms. The van der Waals surface area contributed by atoms with Gasteiger partial charge < -0.3 is 16.2 Å². The van der Waals surface area contributed by atoms with E-state index in [1.807, 2.05) is 13.8 Å². The predicted octanol–water partition coefficient (Wildman–Crippen LogP) is 1.51. The van der Waals surface area contributed by atoms with Crippen molar-refractivity contribution in [3.63, 3.8) is 0 Å². The zero-order valence-corrected chi connectivity index (χ0v) is 11.9. The predicted molar refractivity (Wildman–Crippen MR) is 73.6 cm³/mol. The molecule has 1 unspecified atom stereocenters. The third-order valence-electron chi connectivity index (χ3n) is 3.99. The first kappa shape index (κ1) is 16.0. The summed E-state index contributed by atoms with van der Waals surface area (Å²) in [4.78, 5) is 23.6. The molecule has 5 nitrogen and oxygen atoms in total. The van der Waals surface area contributed by atoms with Crippen molar-refractivity contribution in [1.82, 2.24) is 5.32 Å². The minimum absolute atomic E-state index is 0.178. The summed E-state index contributed by atoms with van der Waals surface area (Å²) in [5.41, 5.74) is 5.23. The van der Waals surface area contributed by atoms with Gasteiger partial charge in [0.1, 0.15) is 6.04 Å². The minimum atomic E-state index is -0.968. The van der Waals surface area contributed by atoms with Crippen molar-refractivity contribution < 1.29 is 14.7 Å². The molecule has 0 aromatic carbocycles. The van der Waals surface area contributed by atoms with Crippen LogP contribution in [0.5, 0.6) is 0 Å². The van der Waals surface area contributed by atoms with Gasteiger partial charge in [0.15, 0.2) is 0 Å². The Kier molecular flexibility index (Phi) is 5.79. The van der Waals surface area contributed by atoms with Crippen molar-refractivity contribution >= 4 is 11.9 Å². The fourth-order valence-corrected chi connectivity index (χ4v) is 2.76. The van der Waals surface area contributed by atoms with E-state index >= 15 is 0 Å². The monoisotopic (exact) mass is 270 g/mol. The molecule has 0 aromatic rings. The van der Waals surface area contributed by atoms with E-state index in [1.165, 1.54) is 0 Å². The number of amides is 1. The van der Waals surface area contributed by atoms with Gasteiger partial charge in [-0.15, -0.1) is 0 Å². The number of aliphatic carboxylic acids is 1. The molecule has 0 spiro atoms. The lowest BCUT2D eigenvalue weighted by Crippen LogP contribution is -2.52. The molecule has 1 rings (SSSR count). The second-order valence-corrected chi connectivity index (χ2v) is 6.04. The van der Waals surface area contributed by atoms with E-state index in [2.05, 4.69) is 5.32 Å². The van der Waals surface area contributed by atoms with Crippen LogP contribution in [0.2, 0.25) is 0 Å². The Balaban J connectivity index is 2.71. The summed E-state index contributed by atoms with van der Waals surface area (Å²) in [7, 11) is 0. The van der Waals surface area contributed by atoms with Crippen LogP contribution in [-0.4, -0.2) is 29.6 Å². The molecule has 0 bridgehead atoms. The van der Waals surface area contributed by atoms with E-state index in [-0.39, 0.29) is 11.8 Å². The summed E-state index contributed by atoms with van der Waals surface area (Å²) in [5, 5.41) is 11.9. The van der Waals surface area contributed by atoms with Crippen LogP contribution in [0, 0.1) is 11.3 Å². The molecule has 19 heavy (non-hydrogen) atoms. The number of hydrogen-bond acceptors (Lipinski definition) is 3. The lowest BCUT2D eigenvalue weighted by Gasteiger charge is -2.35. The first-order valence-electron chi connectivity index (χ1n) is 7.15. The number of rotatable bonds is 6. The molecule has 0 aromatic heterocycles. The van der Waals surface area contributed by atoms with Crippen molar-refractivity contribution in [3.05, 3.63) is 0 Å². The van der Waals surface area contributed by atoms with Gasteiger partial charge in [-0.1, -0.05) is 33.1 Å². The molecule has 1 fully saturated rings. The number of carbonyl (C=O) groups is 2. The molecule has 110 valence electrons. The van der Waals surface area contributed by atoms with Gasteiger partial charge in [-0.05, 0) is 25.2 Å². The average Bonchev–Trinajstić information content (AvgIpc) is 2.38. The lowest BCUT2D eigenvalue weighted by molar-refractivity contribution is -0.144. The second-order valence-electron chi connectivity index (χ2n) is 6.04. The second kappa shape index (κ2) is 6.89. The van der Waals surface area contributed by atoms with Gasteiger partial charge in [-0.3, -0.25) is 4.79 Å². The number of carboxylic acid groups (broad SMARTS) is 1. The molecule has 0 radical (unpaired) electrons. The normalized spacial score (nSPS) is 20.0. The molecule has 4 N–H and O–H groups in total. The topological polar surface area (TPSA) is 92.4 Å². The smallest absolute Gasteiger partial charge is 0.326 e. The van der Waals surface area contributed by atoms with E-state index in [0.29, 0.717) is 13.0 Å². The highest BCUT2D eigenvalue weighted by atomic mass is 16.4. The van der Waals surface area contributed by atoms with Gasteiger partial charge in [0.25, 0.3) is 0 Å². The summed E-state index contributed by atoms with van der Waals surface area (Å²) in [6.45, 7) is 4.19. The van der Waals surface area contributed by atoms with Gasteiger partial charge >= 0.3 is 5.97 Å². The number of carboxylic acids is 1. The molecule has 1 aliphatic carbocycles.